The summed E-state index contributed by atoms with van der Waals surface area (Å²) in [6.45, 7) is 3.25. The third-order valence-corrected chi connectivity index (χ3v) is 3.74. The minimum Gasteiger partial charge on any atom is -0.368 e. The second-order valence-electron chi connectivity index (χ2n) is 4.91. The van der Waals surface area contributed by atoms with Crippen LogP contribution >= 0.6 is 11.8 Å². The number of anilines is 2. The zero-order valence-corrected chi connectivity index (χ0v) is 13.7. The summed E-state index contributed by atoms with van der Waals surface area (Å²) in [5, 5.41) is 5.81. The summed E-state index contributed by atoms with van der Waals surface area (Å²) >= 11 is 1.86. The largest absolute Gasteiger partial charge is 0.368 e. The number of nitrogens with one attached hydrogen (secondary N) is 2. The summed E-state index contributed by atoms with van der Waals surface area (Å²) in [6, 6.07) is 0.881. The normalized spacial score (nSPS) is 10.7. The van der Waals surface area contributed by atoms with Gasteiger partial charge in [-0.1, -0.05) is 19.8 Å². The van der Waals surface area contributed by atoms with Crippen molar-refractivity contribution < 1.29 is 8.78 Å². The first-order chi connectivity index (χ1) is 10.2. The molecular formula is C15H25F2N3S. The fourth-order valence-electron chi connectivity index (χ4n) is 1.89. The molecule has 120 valence electrons. The van der Waals surface area contributed by atoms with Gasteiger partial charge in [-0.05, 0) is 31.3 Å². The van der Waals surface area contributed by atoms with Gasteiger partial charge in [0.2, 0.25) is 0 Å². The van der Waals surface area contributed by atoms with E-state index >= 15 is 0 Å². The Kier molecular flexibility index (Phi) is 9.14. The molecule has 0 aliphatic heterocycles. The number of hydrogen-bond donors (Lipinski definition) is 2. The third-order valence-electron chi connectivity index (χ3n) is 3.04. The quantitative estimate of drug-likeness (QED) is 0.589. The summed E-state index contributed by atoms with van der Waals surface area (Å²) in [5.74, 6) is 0.133. The maximum atomic E-state index is 13.6. The predicted octanol–water partition coefficient (Wildman–Crippen LogP) is 4.52. The molecule has 0 unspecified atom stereocenters. The molecule has 0 fully saturated rings. The number of unbranched alkanes of at least 4 members (excludes halogenated alkanes) is 3. The molecule has 1 heterocycles. The molecule has 1 rings (SSSR count). The van der Waals surface area contributed by atoms with Crippen molar-refractivity contribution in [3.8, 4) is 0 Å². The Balaban J connectivity index is 2.39. The first-order valence-electron chi connectivity index (χ1n) is 7.51. The average Bonchev–Trinajstić information content (AvgIpc) is 2.47. The van der Waals surface area contributed by atoms with Gasteiger partial charge in [-0.2, -0.15) is 11.8 Å². The van der Waals surface area contributed by atoms with Crippen LogP contribution in [0.3, 0.4) is 0 Å². The van der Waals surface area contributed by atoms with Crippen molar-refractivity contribution in [1.82, 2.24) is 4.98 Å². The second kappa shape index (κ2) is 10.7. The number of aromatic nitrogens is 1. The van der Waals surface area contributed by atoms with E-state index in [1.807, 2.05) is 18.7 Å². The molecule has 0 saturated heterocycles. The monoisotopic (exact) mass is 317 g/mol. The van der Waals surface area contributed by atoms with Crippen molar-refractivity contribution in [3.05, 3.63) is 17.7 Å². The van der Waals surface area contributed by atoms with Gasteiger partial charge in [-0.25, -0.2) is 13.8 Å². The highest BCUT2D eigenvalue weighted by Crippen LogP contribution is 2.19. The van der Waals surface area contributed by atoms with Crippen molar-refractivity contribution >= 4 is 23.4 Å². The Bertz CT molecular complexity index is 416. The summed E-state index contributed by atoms with van der Waals surface area (Å²) in [4.78, 5) is 3.98. The highest BCUT2D eigenvalue weighted by Gasteiger charge is 2.11. The van der Waals surface area contributed by atoms with Gasteiger partial charge in [0.1, 0.15) is 0 Å². The highest BCUT2D eigenvalue weighted by atomic mass is 32.2. The zero-order valence-electron chi connectivity index (χ0n) is 12.8. The SMILES string of the molecule is CCCNc1nc(NCCCCCCSC)c(F)cc1F. The van der Waals surface area contributed by atoms with Crippen molar-refractivity contribution in [3.63, 3.8) is 0 Å². The fraction of sp³-hybridized carbons (Fsp3) is 0.667. The molecule has 0 aliphatic rings. The van der Waals surface area contributed by atoms with Gasteiger partial charge in [0.25, 0.3) is 0 Å². The Labute approximate surface area is 130 Å². The third kappa shape index (κ3) is 6.98. The summed E-state index contributed by atoms with van der Waals surface area (Å²) < 4.78 is 27.2. The smallest absolute Gasteiger partial charge is 0.168 e. The van der Waals surface area contributed by atoms with Crippen LogP contribution in [0, 0.1) is 11.6 Å². The lowest BCUT2D eigenvalue weighted by Gasteiger charge is -2.10. The van der Waals surface area contributed by atoms with Crippen LogP contribution in [-0.4, -0.2) is 30.1 Å². The topological polar surface area (TPSA) is 37.0 Å². The van der Waals surface area contributed by atoms with Crippen LogP contribution in [0.25, 0.3) is 0 Å². The van der Waals surface area contributed by atoms with Gasteiger partial charge in [-0.3, -0.25) is 0 Å². The molecule has 1 aromatic heterocycles. The molecule has 0 spiro atoms. The molecule has 1 aromatic rings. The predicted molar refractivity (Wildman–Crippen MR) is 88.3 cm³/mol. The maximum Gasteiger partial charge on any atom is 0.168 e. The Morgan fingerprint density at radius 3 is 2.24 bits per heavy atom. The van der Waals surface area contributed by atoms with E-state index in [1.54, 1.807) is 0 Å². The standard InChI is InChI=1S/C15H25F2N3S/c1-3-8-18-14-12(16)11-13(17)15(20-14)19-9-6-4-5-7-10-21-2/h11H,3-10H2,1-2H3,(H2,18,19,20). The number of halogens is 2. The van der Waals surface area contributed by atoms with Crippen LogP contribution in [0.5, 0.6) is 0 Å². The summed E-state index contributed by atoms with van der Waals surface area (Å²) in [5.41, 5.74) is 0. The molecule has 0 amide bonds. The number of nitrogens with zero attached hydrogens (tertiary/aromatic N) is 1. The molecule has 0 aliphatic carbocycles. The molecule has 21 heavy (non-hydrogen) atoms. The first-order valence-corrected chi connectivity index (χ1v) is 8.91. The second-order valence-corrected chi connectivity index (χ2v) is 5.90. The van der Waals surface area contributed by atoms with E-state index in [1.165, 1.54) is 18.6 Å². The summed E-state index contributed by atoms with van der Waals surface area (Å²) in [6.07, 6.45) is 7.44. The van der Waals surface area contributed by atoms with E-state index in [0.717, 1.165) is 25.3 Å². The Morgan fingerprint density at radius 1 is 1.00 bits per heavy atom. The van der Waals surface area contributed by atoms with E-state index < -0.39 is 11.6 Å². The first kappa shape index (κ1) is 18.0. The van der Waals surface area contributed by atoms with Crippen LogP contribution in [-0.2, 0) is 0 Å². The molecule has 0 saturated carbocycles. The van der Waals surface area contributed by atoms with Gasteiger partial charge in [0.15, 0.2) is 23.3 Å². The molecule has 0 bridgehead atoms. The van der Waals surface area contributed by atoms with Crippen molar-refractivity contribution in [2.45, 2.75) is 39.0 Å². The molecule has 0 atom stereocenters. The minimum atomic E-state index is -0.649. The Morgan fingerprint density at radius 2 is 1.62 bits per heavy atom. The van der Waals surface area contributed by atoms with Crippen LogP contribution in [0.4, 0.5) is 20.4 Å². The van der Waals surface area contributed by atoms with Crippen LogP contribution < -0.4 is 10.6 Å². The number of pyridine rings is 1. The van der Waals surface area contributed by atoms with Crippen LogP contribution in [0.15, 0.2) is 6.07 Å². The number of thioether (sulfide) groups is 1. The maximum absolute atomic E-state index is 13.6. The van der Waals surface area contributed by atoms with Gasteiger partial charge < -0.3 is 10.6 Å². The zero-order chi connectivity index (χ0) is 15.5. The molecule has 0 radical (unpaired) electrons. The highest BCUT2D eigenvalue weighted by molar-refractivity contribution is 7.98. The van der Waals surface area contributed by atoms with E-state index in [-0.39, 0.29) is 11.6 Å². The summed E-state index contributed by atoms with van der Waals surface area (Å²) in [7, 11) is 0. The lowest BCUT2D eigenvalue weighted by Crippen LogP contribution is -2.10. The average molecular weight is 317 g/mol. The lowest BCUT2D eigenvalue weighted by molar-refractivity contribution is 0.577. The number of hydrogen-bond acceptors (Lipinski definition) is 4. The lowest BCUT2D eigenvalue weighted by atomic mass is 10.2. The molecule has 3 nitrogen and oxygen atoms in total. The van der Waals surface area contributed by atoms with E-state index in [4.69, 9.17) is 0 Å². The van der Waals surface area contributed by atoms with E-state index in [9.17, 15) is 8.78 Å². The van der Waals surface area contributed by atoms with Crippen LogP contribution in [0.2, 0.25) is 0 Å². The van der Waals surface area contributed by atoms with Gasteiger partial charge in [0, 0.05) is 19.2 Å². The van der Waals surface area contributed by atoms with E-state index in [2.05, 4.69) is 21.9 Å². The molecule has 6 heteroatoms. The molecule has 0 aromatic carbocycles. The van der Waals surface area contributed by atoms with Gasteiger partial charge in [-0.15, -0.1) is 0 Å². The fourth-order valence-corrected chi connectivity index (χ4v) is 2.38. The van der Waals surface area contributed by atoms with Crippen LogP contribution in [0.1, 0.15) is 39.0 Å². The minimum absolute atomic E-state index is 0.112. The molecule has 2 N–H and O–H groups in total. The van der Waals surface area contributed by atoms with Crippen molar-refractivity contribution in [2.75, 3.05) is 35.7 Å². The van der Waals surface area contributed by atoms with E-state index in [0.29, 0.717) is 13.1 Å². The van der Waals surface area contributed by atoms with Crippen molar-refractivity contribution in [1.29, 1.82) is 0 Å². The van der Waals surface area contributed by atoms with Crippen molar-refractivity contribution in [2.24, 2.45) is 0 Å². The Hall–Kier alpha value is -1.04. The number of rotatable bonds is 11. The van der Waals surface area contributed by atoms with Gasteiger partial charge in [0.05, 0.1) is 0 Å². The van der Waals surface area contributed by atoms with Gasteiger partial charge >= 0.3 is 0 Å². The molecular weight excluding hydrogens is 292 g/mol.